The van der Waals surface area contributed by atoms with E-state index in [1.54, 1.807) is 6.20 Å². The fourth-order valence-corrected chi connectivity index (χ4v) is 2.51. The molecular weight excluding hydrogens is 248 g/mol. The molecule has 0 saturated heterocycles. The highest BCUT2D eigenvalue weighted by Crippen LogP contribution is 2.22. The average Bonchev–Trinajstić information content (AvgIpc) is 2.76. The maximum atomic E-state index is 6.28. The van der Waals surface area contributed by atoms with Gasteiger partial charge in [0, 0.05) is 25.1 Å². The normalized spacial score (nSPS) is 12.8. The van der Waals surface area contributed by atoms with Gasteiger partial charge in [0.1, 0.15) is 0 Å². The zero-order chi connectivity index (χ0) is 14.1. The molecule has 0 aliphatic carbocycles. The lowest BCUT2D eigenvalue weighted by atomic mass is 10.0. The fourth-order valence-electron chi connectivity index (χ4n) is 2.51. The second-order valence-electron chi connectivity index (χ2n) is 5.16. The Labute approximate surface area is 118 Å². The summed E-state index contributed by atoms with van der Waals surface area (Å²) >= 11 is 0. The van der Waals surface area contributed by atoms with E-state index < -0.39 is 0 Å². The molecule has 0 aliphatic heterocycles. The summed E-state index contributed by atoms with van der Waals surface area (Å²) in [4.78, 5) is 4.36. The van der Waals surface area contributed by atoms with E-state index in [4.69, 9.17) is 5.73 Å². The van der Waals surface area contributed by atoms with Crippen LogP contribution < -0.4 is 5.73 Å². The van der Waals surface area contributed by atoms with Crippen molar-refractivity contribution in [2.45, 2.75) is 19.4 Å². The minimum absolute atomic E-state index is 0.131. The minimum atomic E-state index is -0.131. The molecule has 0 spiro atoms. The van der Waals surface area contributed by atoms with Gasteiger partial charge < -0.3 is 5.73 Å². The molecule has 0 saturated carbocycles. The second-order valence-corrected chi connectivity index (χ2v) is 5.16. The molecule has 0 fully saturated rings. The lowest BCUT2D eigenvalue weighted by Gasteiger charge is -2.10. The van der Waals surface area contributed by atoms with Gasteiger partial charge in [0.2, 0.25) is 0 Å². The predicted octanol–water partition coefficient (Wildman–Crippen LogP) is 2.52. The van der Waals surface area contributed by atoms with Gasteiger partial charge in [-0.05, 0) is 30.7 Å². The monoisotopic (exact) mass is 266 g/mol. The van der Waals surface area contributed by atoms with E-state index in [0.29, 0.717) is 6.42 Å². The molecule has 4 heteroatoms. The number of aromatic nitrogens is 3. The van der Waals surface area contributed by atoms with Gasteiger partial charge in [-0.3, -0.25) is 9.67 Å². The number of pyridine rings is 1. The van der Waals surface area contributed by atoms with Crippen LogP contribution in [0.15, 0.2) is 42.6 Å². The molecular formula is C16H18N4. The molecule has 0 bridgehead atoms. The average molecular weight is 266 g/mol. The first-order valence-electron chi connectivity index (χ1n) is 6.74. The lowest BCUT2D eigenvalue weighted by molar-refractivity contribution is 0.665. The Bertz CT molecular complexity index is 745. The summed E-state index contributed by atoms with van der Waals surface area (Å²) in [7, 11) is 1.96. The first kappa shape index (κ1) is 12.8. The van der Waals surface area contributed by atoms with Gasteiger partial charge in [0.15, 0.2) is 0 Å². The van der Waals surface area contributed by atoms with Crippen LogP contribution in [-0.2, 0) is 13.5 Å². The Morgan fingerprint density at radius 2 is 2.05 bits per heavy atom. The molecule has 3 aromatic rings. The predicted molar refractivity (Wildman–Crippen MR) is 80.3 cm³/mol. The molecule has 0 amide bonds. The van der Waals surface area contributed by atoms with Gasteiger partial charge in [-0.25, -0.2) is 0 Å². The smallest absolute Gasteiger partial charge is 0.0722 e. The quantitative estimate of drug-likeness (QED) is 0.792. The summed E-state index contributed by atoms with van der Waals surface area (Å²) < 4.78 is 1.90. The van der Waals surface area contributed by atoms with Crippen molar-refractivity contribution in [3.63, 3.8) is 0 Å². The maximum Gasteiger partial charge on any atom is 0.0722 e. The van der Waals surface area contributed by atoms with E-state index in [9.17, 15) is 0 Å². The van der Waals surface area contributed by atoms with Crippen LogP contribution in [0.25, 0.3) is 10.9 Å². The number of nitrogens with zero attached hydrogens (tertiary/aromatic N) is 3. The SMILES string of the molecule is Cc1ccnc(C(N)Cc2nn(C)c3ccccc23)c1. The van der Waals surface area contributed by atoms with Gasteiger partial charge in [-0.2, -0.15) is 5.10 Å². The summed E-state index contributed by atoms with van der Waals surface area (Å²) in [6, 6.07) is 12.1. The van der Waals surface area contributed by atoms with E-state index in [0.717, 1.165) is 22.3 Å². The topological polar surface area (TPSA) is 56.7 Å². The summed E-state index contributed by atoms with van der Waals surface area (Å²) in [5, 5.41) is 5.75. The van der Waals surface area contributed by atoms with E-state index in [-0.39, 0.29) is 6.04 Å². The molecule has 1 aromatic carbocycles. The van der Waals surface area contributed by atoms with Crippen LogP contribution in [0, 0.1) is 6.92 Å². The van der Waals surface area contributed by atoms with Crippen molar-refractivity contribution < 1.29 is 0 Å². The molecule has 0 radical (unpaired) electrons. The first-order valence-corrected chi connectivity index (χ1v) is 6.74. The number of rotatable bonds is 3. The highest BCUT2D eigenvalue weighted by atomic mass is 15.3. The molecule has 2 N–H and O–H groups in total. The highest BCUT2D eigenvalue weighted by molar-refractivity contribution is 5.81. The molecule has 1 atom stereocenters. The number of para-hydroxylation sites is 1. The van der Waals surface area contributed by atoms with E-state index in [2.05, 4.69) is 22.2 Å². The molecule has 4 nitrogen and oxygen atoms in total. The summed E-state index contributed by atoms with van der Waals surface area (Å²) in [6.45, 7) is 2.05. The van der Waals surface area contributed by atoms with Crippen LogP contribution >= 0.6 is 0 Å². The first-order chi connectivity index (χ1) is 9.65. The van der Waals surface area contributed by atoms with Crippen molar-refractivity contribution >= 4 is 10.9 Å². The van der Waals surface area contributed by atoms with Crippen LogP contribution in [0.5, 0.6) is 0 Å². The molecule has 2 aromatic heterocycles. The number of nitrogens with two attached hydrogens (primary N) is 1. The van der Waals surface area contributed by atoms with Crippen molar-refractivity contribution in [2.24, 2.45) is 12.8 Å². The van der Waals surface area contributed by atoms with Crippen LogP contribution in [0.4, 0.5) is 0 Å². The van der Waals surface area contributed by atoms with Gasteiger partial charge in [0.25, 0.3) is 0 Å². The number of hydrogen-bond acceptors (Lipinski definition) is 3. The fraction of sp³-hybridized carbons (Fsp3) is 0.250. The van der Waals surface area contributed by atoms with E-state index in [1.807, 2.05) is 42.9 Å². The minimum Gasteiger partial charge on any atom is -0.322 e. The van der Waals surface area contributed by atoms with Crippen LogP contribution in [-0.4, -0.2) is 14.8 Å². The second kappa shape index (κ2) is 5.06. The summed E-state index contributed by atoms with van der Waals surface area (Å²) in [5.41, 5.74) is 10.5. The largest absolute Gasteiger partial charge is 0.322 e. The number of fused-ring (bicyclic) bond motifs is 1. The molecule has 1 unspecified atom stereocenters. The van der Waals surface area contributed by atoms with Crippen molar-refractivity contribution in [3.8, 4) is 0 Å². The number of aryl methyl sites for hydroxylation is 2. The standard InChI is InChI=1S/C16H18N4/c1-11-7-8-18-15(9-11)13(17)10-14-12-5-3-4-6-16(12)20(2)19-14/h3-9,13H,10,17H2,1-2H3. The molecule has 20 heavy (non-hydrogen) atoms. The van der Waals surface area contributed by atoms with E-state index in [1.165, 1.54) is 5.56 Å². The Balaban J connectivity index is 1.93. The molecule has 2 heterocycles. The summed E-state index contributed by atoms with van der Waals surface area (Å²) in [6.07, 6.45) is 2.50. The Morgan fingerprint density at radius 3 is 2.85 bits per heavy atom. The van der Waals surface area contributed by atoms with Gasteiger partial charge in [-0.15, -0.1) is 0 Å². The van der Waals surface area contributed by atoms with Crippen molar-refractivity contribution in [3.05, 3.63) is 59.5 Å². The molecule has 3 rings (SSSR count). The summed E-state index contributed by atoms with van der Waals surface area (Å²) in [5.74, 6) is 0. The highest BCUT2D eigenvalue weighted by Gasteiger charge is 2.14. The third kappa shape index (κ3) is 2.30. The molecule has 102 valence electrons. The Kier molecular flexibility index (Phi) is 3.24. The van der Waals surface area contributed by atoms with Gasteiger partial charge in [-0.1, -0.05) is 18.2 Å². The zero-order valence-corrected chi connectivity index (χ0v) is 11.7. The van der Waals surface area contributed by atoms with Gasteiger partial charge in [0.05, 0.1) is 22.9 Å². The van der Waals surface area contributed by atoms with Crippen LogP contribution in [0.1, 0.15) is 23.0 Å². The molecule has 0 aliphatic rings. The lowest BCUT2D eigenvalue weighted by Crippen LogP contribution is -2.15. The van der Waals surface area contributed by atoms with E-state index >= 15 is 0 Å². The van der Waals surface area contributed by atoms with Crippen LogP contribution in [0.3, 0.4) is 0 Å². The third-order valence-electron chi connectivity index (χ3n) is 3.56. The van der Waals surface area contributed by atoms with Crippen molar-refractivity contribution in [1.29, 1.82) is 0 Å². The van der Waals surface area contributed by atoms with Crippen molar-refractivity contribution in [1.82, 2.24) is 14.8 Å². The Morgan fingerprint density at radius 1 is 1.25 bits per heavy atom. The Hall–Kier alpha value is -2.20. The number of benzene rings is 1. The third-order valence-corrected chi connectivity index (χ3v) is 3.56. The maximum absolute atomic E-state index is 6.28. The van der Waals surface area contributed by atoms with Crippen molar-refractivity contribution in [2.75, 3.05) is 0 Å². The van der Waals surface area contributed by atoms with Crippen LogP contribution in [0.2, 0.25) is 0 Å². The number of hydrogen-bond donors (Lipinski definition) is 1. The zero-order valence-electron chi connectivity index (χ0n) is 11.7. The van der Waals surface area contributed by atoms with Gasteiger partial charge >= 0.3 is 0 Å².